The van der Waals surface area contributed by atoms with Gasteiger partial charge >= 0.3 is 5.97 Å². The summed E-state index contributed by atoms with van der Waals surface area (Å²) < 4.78 is 0.787. The van der Waals surface area contributed by atoms with Crippen molar-refractivity contribution >= 4 is 27.8 Å². The predicted octanol–water partition coefficient (Wildman–Crippen LogP) is 2.07. The Bertz CT molecular complexity index is 423. The van der Waals surface area contributed by atoms with Crippen LogP contribution >= 0.6 is 15.9 Å². The first-order chi connectivity index (χ1) is 8.04. The zero-order chi connectivity index (χ0) is 12.5. The van der Waals surface area contributed by atoms with Gasteiger partial charge in [-0.3, -0.25) is 0 Å². The molecule has 17 heavy (non-hydrogen) atoms. The molecule has 92 valence electrons. The van der Waals surface area contributed by atoms with Gasteiger partial charge in [0.1, 0.15) is 5.54 Å². The summed E-state index contributed by atoms with van der Waals surface area (Å²) >= 11 is 3.27. The molecule has 1 aliphatic rings. The number of hydrogen-bond donors (Lipinski definition) is 1. The number of anilines is 1. The minimum absolute atomic E-state index is 0.484. The van der Waals surface area contributed by atoms with E-state index in [2.05, 4.69) is 25.9 Å². The van der Waals surface area contributed by atoms with E-state index in [0.717, 1.165) is 17.3 Å². The lowest BCUT2D eigenvalue weighted by atomic mass is 9.89. The molecular weight excluding hydrogens is 286 g/mol. The van der Waals surface area contributed by atoms with Crippen LogP contribution in [0.4, 0.5) is 5.95 Å². The molecule has 0 bridgehead atoms. The average Bonchev–Trinajstić information content (AvgIpc) is 2.31. The third-order valence-electron chi connectivity index (χ3n) is 3.20. The Labute approximate surface area is 108 Å². The first-order valence-electron chi connectivity index (χ1n) is 5.52. The van der Waals surface area contributed by atoms with Gasteiger partial charge in [-0.05, 0) is 42.1 Å². The molecule has 0 aliphatic carbocycles. The molecule has 1 aliphatic heterocycles. The summed E-state index contributed by atoms with van der Waals surface area (Å²) in [6.07, 6.45) is 5.80. The van der Waals surface area contributed by atoms with Crippen molar-refractivity contribution < 1.29 is 9.90 Å². The maximum Gasteiger partial charge on any atom is 0.329 e. The van der Waals surface area contributed by atoms with Crippen molar-refractivity contribution in [2.75, 3.05) is 11.4 Å². The summed E-state index contributed by atoms with van der Waals surface area (Å²) in [5.74, 6) is -0.332. The molecular formula is C11H14BrN3O2. The highest BCUT2D eigenvalue weighted by Crippen LogP contribution is 2.31. The Hall–Kier alpha value is -1.17. The van der Waals surface area contributed by atoms with Crippen molar-refractivity contribution in [3.8, 4) is 0 Å². The largest absolute Gasteiger partial charge is 0.480 e. The number of carbonyl (C=O) groups is 1. The van der Waals surface area contributed by atoms with Crippen LogP contribution in [0.15, 0.2) is 16.9 Å². The van der Waals surface area contributed by atoms with Crippen LogP contribution in [0.5, 0.6) is 0 Å². The molecule has 0 amide bonds. The fourth-order valence-corrected chi connectivity index (χ4v) is 2.31. The van der Waals surface area contributed by atoms with Crippen LogP contribution in [0, 0.1) is 0 Å². The fourth-order valence-electron chi connectivity index (χ4n) is 2.11. The fraction of sp³-hybridized carbons (Fsp3) is 0.545. The molecule has 1 saturated heterocycles. The Morgan fingerprint density at radius 1 is 1.47 bits per heavy atom. The minimum atomic E-state index is -0.897. The summed E-state index contributed by atoms with van der Waals surface area (Å²) in [5.41, 5.74) is -0.897. The van der Waals surface area contributed by atoms with E-state index in [0.29, 0.717) is 18.9 Å². The van der Waals surface area contributed by atoms with Crippen molar-refractivity contribution in [2.24, 2.45) is 0 Å². The van der Waals surface area contributed by atoms with Gasteiger partial charge in [0, 0.05) is 18.9 Å². The van der Waals surface area contributed by atoms with Crippen LogP contribution in [-0.2, 0) is 4.79 Å². The predicted molar refractivity (Wildman–Crippen MR) is 67.0 cm³/mol. The zero-order valence-corrected chi connectivity index (χ0v) is 11.1. The second-order valence-corrected chi connectivity index (χ2v) is 5.30. The van der Waals surface area contributed by atoms with E-state index < -0.39 is 11.5 Å². The molecule has 2 rings (SSSR count). The molecule has 1 atom stereocenters. The maximum atomic E-state index is 11.4. The minimum Gasteiger partial charge on any atom is -0.480 e. The zero-order valence-electron chi connectivity index (χ0n) is 9.56. The van der Waals surface area contributed by atoms with Crippen LogP contribution in [0.25, 0.3) is 0 Å². The molecule has 2 heterocycles. The highest BCUT2D eigenvalue weighted by molar-refractivity contribution is 9.10. The van der Waals surface area contributed by atoms with Crippen LogP contribution in [-0.4, -0.2) is 33.1 Å². The number of aromatic nitrogens is 2. The van der Waals surface area contributed by atoms with Gasteiger partial charge in [-0.25, -0.2) is 14.8 Å². The summed E-state index contributed by atoms with van der Waals surface area (Å²) in [4.78, 5) is 21.6. The van der Waals surface area contributed by atoms with Gasteiger partial charge in [-0.1, -0.05) is 0 Å². The maximum absolute atomic E-state index is 11.4. The lowest BCUT2D eigenvalue weighted by Crippen LogP contribution is -2.56. The van der Waals surface area contributed by atoms with Crippen molar-refractivity contribution in [1.82, 2.24) is 9.97 Å². The van der Waals surface area contributed by atoms with Gasteiger partial charge in [0.05, 0.1) is 4.47 Å². The number of aliphatic carboxylic acids is 1. The van der Waals surface area contributed by atoms with Gasteiger partial charge < -0.3 is 10.0 Å². The SMILES string of the molecule is CC1(C(=O)O)CCCCN1c1ncc(Br)cn1. The first kappa shape index (κ1) is 12.3. The van der Waals surface area contributed by atoms with Gasteiger partial charge in [-0.2, -0.15) is 0 Å². The van der Waals surface area contributed by atoms with Gasteiger partial charge in [0.2, 0.25) is 5.95 Å². The number of piperidine rings is 1. The van der Waals surface area contributed by atoms with Crippen molar-refractivity contribution in [1.29, 1.82) is 0 Å². The Balaban J connectivity index is 2.34. The summed E-state index contributed by atoms with van der Waals surface area (Å²) in [5, 5.41) is 9.38. The molecule has 1 aromatic rings. The monoisotopic (exact) mass is 299 g/mol. The Morgan fingerprint density at radius 2 is 2.12 bits per heavy atom. The van der Waals surface area contributed by atoms with Crippen LogP contribution in [0.1, 0.15) is 26.2 Å². The van der Waals surface area contributed by atoms with E-state index in [1.54, 1.807) is 24.2 Å². The smallest absolute Gasteiger partial charge is 0.329 e. The second-order valence-electron chi connectivity index (χ2n) is 4.39. The number of halogens is 1. The van der Waals surface area contributed by atoms with E-state index in [-0.39, 0.29) is 0 Å². The van der Waals surface area contributed by atoms with E-state index >= 15 is 0 Å². The molecule has 0 saturated carbocycles. The summed E-state index contributed by atoms with van der Waals surface area (Å²) in [6, 6.07) is 0. The molecule has 1 fully saturated rings. The molecule has 6 heteroatoms. The standard InChI is InChI=1S/C11H14BrN3O2/c1-11(9(16)17)4-2-3-5-15(11)10-13-6-8(12)7-14-10/h6-7H,2-5H2,1H3,(H,16,17). The number of rotatable bonds is 2. The van der Waals surface area contributed by atoms with Crippen molar-refractivity contribution in [2.45, 2.75) is 31.7 Å². The molecule has 0 aromatic carbocycles. The summed E-state index contributed by atoms with van der Waals surface area (Å²) in [6.45, 7) is 2.42. The van der Waals surface area contributed by atoms with Gasteiger partial charge in [-0.15, -0.1) is 0 Å². The van der Waals surface area contributed by atoms with Gasteiger partial charge in [0.15, 0.2) is 0 Å². The van der Waals surface area contributed by atoms with Crippen molar-refractivity contribution in [3.05, 3.63) is 16.9 Å². The highest BCUT2D eigenvalue weighted by Gasteiger charge is 2.42. The van der Waals surface area contributed by atoms with Crippen LogP contribution in [0.2, 0.25) is 0 Å². The second kappa shape index (κ2) is 4.60. The van der Waals surface area contributed by atoms with E-state index in [1.807, 2.05) is 0 Å². The van der Waals surface area contributed by atoms with E-state index in [1.165, 1.54) is 0 Å². The van der Waals surface area contributed by atoms with E-state index in [4.69, 9.17) is 0 Å². The molecule has 1 unspecified atom stereocenters. The lowest BCUT2D eigenvalue weighted by molar-refractivity contribution is -0.143. The molecule has 0 radical (unpaired) electrons. The number of carboxylic acids is 1. The molecule has 0 spiro atoms. The average molecular weight is 300 g/mol. The summed E-state index contributed by atoms with van der Waals surface area (Å²) in [7, 11) is 0. The normalized spacial score (nSPS) is 24.7. The molecule has 1 aromatic heterocycles. The lowest BCUT2D eigenvalue weighted by Gasteiger charge is -2.41. The topological polar surface area (TPSA) is 66.3 Å². The number of carboxylic acid groups (broad SMARTS) is 1. The Morgan fingerprint density at radius 3 is 2.71 bits per heavy atom. The number of hydrogen-bond acceptors (Lipinski definition) is 4. The third kappa shape index (κ3) is 2.26. The third-order valence-corrected chi connectivity index (χ3v) is 3.61. The van der Waals surface area contributed by atoms with Gasteiger partial charge in [0.25, 0.3) is 0 Å². The quantitative estimate of drug-likeness (QED) is 0.905. The van der Waals surface area contributed by atoms with Crippen LogP contribution in [0.3, 0.4) is 0 Å². The molecule has 1 N–H and O–H groups in total. The Kier molecular flexibility index (Phi) is 3.33. The molecule has 5 nitrogen and oxygen atoms in total. The van der Waals surface area contributed by atoms with Crippen molar-refractivity contribution in [3.63, 3.8) is 0 Å². The highest BCUT2D eigenvalue weighted by atomic mass is 79.9. The van der Waals surface area contributed by atoms with Crippen LogP contribution < -0.4 is 4.90 Å². The number of nitrogens with zero attached hydrogens (tertiary/aromatic N) is 3. The first-order valence-corrected chi connectivity index (χ1v) is 6.32. The van der Waals surface area contributed by atoms with E-state index in [9.17, 15) is 9.90 Å².